The molecule has 0 aromatic heterocycles. The Bertz CT molecular complexity index is 383. The first kappa shape index (κ1) is 13.6. The van der Waals surface area contributed by atoms with Crippen molar-refractivity contribution in [2.45, 2.75) is 6.43 Å². The summed E-state index contributed by atoms with van der Waals surface area (Å²) in [7, 11) is 3.00. The van der Waals surface area contributed by atoms with Gasteiger partial charge in [0.15, 0.2) is 5.78 Å². The molecule has 0 unspecified atom stereocenters. The first-order valence-corrected chi connectivity index (χ1v) is 5.17. The van der Waals surface area contributed by atoms with Gasteiger partial charge in [-0.1, -0.05) is 12.1 Å². The Morgan fingerprint density at radius 1 is 1.47 bits per heavy atom. The number of likely N-dealkylation sites (N-methyl/N-ethyl adjacent to an activating group) is 1. The Hall–Kier alpha value is -1.49. The van der Waals surface area contributed by atoms with E-state index in [1.54, 1.807) is 24.3 Å². The van der Waals surface area contributed by atoms with Crippen molar-refractivity contribution >= 4 is 5.78 Å². The molecule has 0 atom stereocenters. The van der Waals surface area contributed by atoms with Crippen molar-refractivity contribution in [1.82, 2.24) is 4.90 Å². The van der Waals surface area contributed by atoms with Crippen LogP contribution in [0.5, 0.6) is 5.75 Å². The van der Waals surface area contributed by atoms with Gasteiger partial charge in [-0.3, -0.25) is 9.69 Å². The van der Waals surface area contributed by atoms with Crippen molar-refractivity contribution in [2.24, 2.45) is 0 Å². The van der Waals surface area contributed by atoms with Gasteiger partial charge in [0.1, 0.15) is 5.75 Å². The third-order valence-corrected chi connectivity index (χ3v) is 2.25. The maximum atomic E-state index is 12.1. The lowest BCUT2D eigenvalue weighted by Crippen LogP contribution is -2.30. The Morgan fingerprint density at radius 2 is 2.18 bits per heavy atom. The van der Waals surface area contributed by atoms with Gasteiger partial charge < -0.3 is 4.74 Å². The van der Waals surface area contributed by atoms with Crippen LogP contribution in [0.25, 0.3) is 0 Å². The fraction of sp³-hybridized carbons (Fsp3) is 0.417. The van der Waals surface area contributed by atoms with Gasteiger partial charge in [0, 0.05) is 5.56 Å². The first-order chi connectivity index (χ1) is 8.02. The van der Waals surface area contributed by atoms with Crippen LogP contribution in [0.15, 0.2) is 24.3 Å². The maximum Gasteiger partial charge on any atom is 0.251 e. The fourth-order valence-corrected chi connectivity index (χ4v) is 1.43. The molecule has 3 nitrogen and oxygen atoms in total. The van der Waals surface area contributed by atoms with Gasteiger partial charge in [-0.2, -0.15) is 0 Å². The molecule has 0 N–H and O–H groups in total. The summed E-state index contributed by atoms with van der Waals surface area (Å²) in [5, 5.41) is 0. The fourth-order valence-electron chi connectivity index (χ4n) is 1.43. The molecule has 1 aromatic rings. The molecule has 0 fully saturated rings. The van der Waals surface area contributed by atoms with Gasteiger partial charge in [-0.25, -0.2) is 8.78 Å². The van der Waals surface area contributed by atoms with Crippen LogP contribution in [0.3, 0.4) is 0 Å². The van der Waals surface area contributed by atoms with E-state index in [9.17, 15) is 13.6 Å². The number of halogens is 2. The molecule has 1 aromatic carbocycles. The molecular formula is C12H15F2NO2. The SMILES string of the molecule is COc1cccc(C(=O)CN(C)CC(F)F)c1. The highest BCUT2D eigenvalue weighted by Crippen LogP contribution is 2.13. The second-order valence-electron chi connectivity index (χ2n) is 3.74. The van der Waals surface area contributed by atoms with E-state index in [-0.39, 0.29) is 12.3 Å². The summed E-state index contributed by atoms with van der Waals surface area (Å²) in [5.74, 6) is 0.374. The normalized spacial score (nSPS) is 10.9. The van der Waals surface area contributed by atoms with Crippen LogP contribution in [-0.4, -0.2) is 44.4 Å². The molecule has 94 valence electrons. The summed E-state index contributed by atoms with van der Waals surface area (Å²) in [5.41, 5.74) is 0.463. The second-order valence-corrected chi connectivity index (χ2v) is 3.74. The number of alkyl halides is 2. The molecule has 0 aliphatic heterocycles. The molecule has 0 spiro atoms. The number of carbonyl (C=O) groups is 1. The van der Waals surface area contributed by atoms with E-state index in [0.29, 0.717) is 11.3 Å². The summed E-state index contributed by atoms with van der Waals surface area (Å²) in [6.07, 6.45) is -2.43. The number of benzene rings is 1. The third kappa shape index (κ3) is 4.48. The van der Waals surface area contributed by atoms with Crippen molar-refractivity contribution in [2.75, 3.05) is 27.2 Å². The number of hydrogen-bond donors (Lipinski definition) is 0. The van der Waals surface area contributed by atoms with Crippen molar-refractivity contribution in [3.8, 4) is 5.75 Å². The molecule has 5 heteroatoms. The minimum atomic E-state index is -2.43. The van der Waals surface area contributed by atoms with Crippen LogP contribution in [0.2, 0.25) is 0 Å². The van der Waals surface area contributed by atoms with Gasteiger partial charge in [-0.05, 0) is 19.2 Å². The summed E-state index contributed by atoms with van der Waals surface area (Å²) >= 11 is 0. The van der Waals surface area contributed by atoms with Gasteiger partial charge in [-0.15, -0.1) is 0 Å². The highest BCUT2D eigenvalue weighted by Gasteiger charge is 2.13. The molecular weight excluding hydrogens is 228 g/mol. The van der Waals surface area contributed by atoms with E-state index in [2.05, 4.69) is 0 Å². The highest BCUT2D eigenvalue weighted by atomic mass is 19.3. The zero-order valence-electron chi connectivity index (χ0n) is 9.82. The number of hydrogen-bond acceptors (Lipinski definition) is 3. The van der Waals surface area contributed by atoms with Crippen LogP contribution in [0, 0.1) is 0 Å². The molecule has 0 heterocycles. The average molecular weight is 243 g/mol. The van der Waals surface area contributed by atoms with Gasteiger partial charge in [0.2, 0.25) is 0 Å². The molecule has 0 aliphatic carbocycles. The lowest BCUT2D eigenvalue weighted by Gasteiger charge is -2.14. The molecule has 0 amide bonds. The molecule has 0 radical (unpaired) electrons. The quantitative estimate of drug-likeness (QED) is 0.716. The Labute approximate surface area is 99.0 Å². The predicted molar refractivity (Wildman–Crippen MR) is 60.8 cm³/mol. The second kappa shape index (κ2) is 6.30. The van der Waals surface area contributed by atoms with Gasteiger partial charge in [0.05, 0.1) is 20.2 Å². The van der Waals surface area contributed by atoms with E-state index >= 15 is 0 Å². The standard InChI is InChI=1S/C12H15F2NO2/c1-15(8-12(13)14)7-11(16)9-4-3-5-10(6-9)17-2/h3-6,12H,7-8H2,1-2H3. The van der Waals surface area contributed by atoms with Crippen LogP contribution < -0.4 is 4.74 Å². The van der Waals surface area contributed by atoms with Crippen LogP contribution >= 0.6 is 0 Å². The van der Waals surface area contributed by atoms with E-state index < -0.39 is 13.0 Å². The smallest absolute Gasteiger partial charge is 0.251 e. The van der Waals surface area contributed by atoms with Crippen molar-refractivity contribution < 1.29 is 18.3 Å². The monoisotopic (exact) mass is 243 g/mol. The van der Waals surface area contributed by atoms with Crippen LogP contribution in [0.1, 0.15) is 10.4 Å². The molecule has 1 rings (SSSR count). The maximum absolute atomic E-state index is 12.1. The average Bonchev–Trinajstić information content (AvgIpc) is 2.27. The highest BCUT2D eigenvalue weighted by molar-refractivity contribution is 5.97. The summed E-state index contributed by atoms with van der Waals surface area (Å²) in [6.45, 7) is -0.437. The molecule has 0 saturated carbocycles. The van der Waals surface area contributed by atoms with E-state index in [1.807, 2.05) is 0 Å². The molecule has 17 heavy (non-hydrogen) atoms. The zero-order chi connectivity index (χ0) is 12.8. The zero-order valence-corrected chi connectivity index (χ0v) is 9.82. The van der Waals surface area contributed by atoms with Crippen LogP contribution in [0.4, 0.5) is 8.78 Å². The Kier molecular flexibility index (Phi) is 5.03. The molecule has 0 aliphatic rings. The summed E-state index contributed by atoms with van der Waals surface area (Å²) in [6, 6.07) is 6.65. The number of ketones is 1. The van der Waals surface area contributed by atoms with E-state index in [1.165, 1.54) is 19.1 Å². The summed E-state index contributed by atoms with van der Waals surface area (Å²) < 4.78 is 29.2. The van der Waals surface area contributed by atoms with Crippen molar-refractivity contribution in [1.29, 1.82) is 0 Å². The van der Waals surface area contributed by atoms with E-state index in [0.717, 1.165) is 0 Å². The minimum absolute atomic E-state index is 0.0303. The molecule has 0 bridgehead atoms. The largest absolute Gasteiger partial charge is 0.497 e. The number of ether oxygens (including phenoxy) is 1. The number of carbonyl (C=O) groups excluding carboxylic acids is 1. The lowest BCUT2D eigenvalue weighted by atomic mass is 10.1. The topological polar surface area (TPSA) is 29.5 Å². The van der Waals surface area contributed by atoms with Crippen LogP contribution in [-0.2, 0) is 0 Å². The number of rotatable bonds is 6. The third-order valence-electron chi connectivity index (χ3n) is 2.25. The Morgan fingerprint density at radius 3 is 2.76 bits per heavy atom. The van der Waals surface area contributed by atoms with Gasteiger partial charge in [0.25, 0.3) is 6.43 Å². The number of nitrogens with zero attached hydrogens (tertiary/aromatic N) is 1. The Balaban J connectivity index is 2.63. The predicted octanol–water partition coefficient (Wildman–Crippen LogP) is 2.07. The summed E-state index contributed by atoms with van der Waals surface area (Å²) in [4.78, 5) is 13.1. The first-order valence-electron chi connectivity index (χ1n) is 5.17. The van der Waals surface area contributed by atoms with Crippen molar-refractivity contribution in [3.63, 3.8) is 0 Å². The number of methoxy groups -OCH3 is 1. The van der Waals surface area contributed by atoms with Gasteiger partial charge >= 0.3 is 0 Å². The van der Waals surface area contributed by atoms with Crippen molar-refractivity contribution in [3.05, 3.63) is 29.8 Å². The van der Waals surface area contributed by atoms with E-state index in [4.69, 9.17) is 4.74 Å². The minimum Gasteiger partial charge on any atom is -0.497 e. The number of Topliss-reactive ketones (excluding diaryl/α,β-unsaturated/α-hetero) is 1. The lowest BCUT2D eigenvalue weighted by molar-refractivity contribution is 0.0819. The molecule has 0 saturated heterocycles.